The molecule has 0 heterocycles. The summed E-state index contributed by atoms with van der Waals surface area (Å²) in [6.07, 6.45) is 1.84. The fourth-order valence-electron chi connectivity index (χ4n) is 5.14. The number of aryl methyl sites for hydroxylation is 1. The number of nitrogens with zero attached hydrogens (tertiary/aromatic N) is 2. The molecule has 0 aromatic heterocycles. The molecule has 2 amide bonds. The van der Waals surface area contributed by atoms with E-state index in [0.29, 0.717) is 40.2 Å². The standard InChI is InChI=1S/C37H41Cl2N3O5S/c1-4-6-22-40-37(44)35(23-28-10-8-7-9-11-28)41(25-29-14-15-30(38)24-34(29)39)36(43)26-42(31-16-12-27(3)13-17-31)48(45,46)33-20-18-32(19-21-33)47-5-2/h7-21,24,35H,4-6,22-23,25-26H2,1-3H3,(H,40,44)/t35-/m0/s1. The summed E-state index contributed by atoms with van der Waals surface area (Å²) in [4.78, 5) is 29.9. The van der Waals surface area contributed by atoms with Gasteiger partial charge in [-0.1, -0.05) is 90.6 Å². The summed E-state index contributed by atoms with van der Waals surface area (Å²) in [5.41, 5.74) is 2.63. The zero-order valence-electron chi connectivity index (χ0n) is 27.4. The molecule has 8 nitrogen and oxygen atoms in total. The molecule has 0 bridgehead atoms. The monoisotopic (exact) mass is 709 g/mol. The van der Waals surface area contributed by atoms with Crippen LogP contribution in [0.15, 0.2) is 102 Å². The zero-order valence-corrected chi connectivity index (χ0v) is 29.7. The van der Waals surface area contributed by atoms with E-state index in [0.717, 1.165) is 28.3 Å². The van der Waals surface area contributed by atoms with Crippen LogP contribution >= 0.6 is 23.2 Å². The van der Waals surface area contributed by atoms with E-state index in [9.17, 15) is 18.0 Å². The van der Waals surface area contributed by atoms with Crippen LogP contribution in [0.1, 0.15) is 43.4 Å². The van der Waals surface area contributed by atoms with Crippen molar-refractivity contribution in [2.75, 3.05) is 24.0 Å². The molecule has 0 aliphatic carbocycles. The molecule has 4 aromatic carbocycles. The average Bonchev–Trinajstić information content (AvgIpc) is 3.07. The van der Waals surface area contributed by atoms with Gasteiger partial charge in [-0.25, -0.2) is 8.42 Å². The molecule has 254 valence electrons. The summed E-state index contributed by atoms with van der Waals surface area (Å²) >= 11 is 12.8. The van der Waals surface area contributed by atoms with Gasteiger partial charge in [0, 0.05) is 29.6 Å². The van der Waals surface area contributed by atoms with Crippen LogP contribution in [0.25, 0.3) is 0 Å². The number of nitrogens with one attached hydrogen (secondary N) is 1. The molecule has 1 N–H and O–H groups in total. The molecule has 4 rings (SSSR count). The van der Waals surface area contributed by atoms with Crippen molar-refractivity contribution in [3.05, 3.63) is 124 Å². The molecule has 4 aromatic rings. The Morgan fingerprint density at radius 1 is 0.896 bits per heavy atom. The second kappa shape index (κ2) is 17.4. The smallest absolute Gasteiger partial charge is 0.264 e. The Labute approximate surface area is 293 Å². The lowest BCUT2D eigenvalue weighted by Gasteiger charge is -2.34. The number of carbonyl (C=O) groups excluding carboxylic acids is 2. The number of unbranched alkanes of at least 4 members (excludes halogenated alkanes) is 1. The van der Waals surface area contributed by atoms with Crippen LogP contribution in [0.3, 0.4) is 0 Å². The minimum atomic E-state index is -4.25. The van der Waals surface area contributed by atoms with Crippen molar-refractivity contribution in [1.29, 1.82) is 0 Å². The molecule has 0 unspecified atom stereocenters. The maximum atomic E-state index is 14.6. The highest BCUT2D eigenvalue weighted by molar-refractivity contribution is 7.92. The Balaban J connectivity index is 1.80. The first kappa shape index (κ1) is 36.8. The number of anilines is 1. The molecular formula is C37H41Cl2N3O5S. The number of ether oxygens (including phenoxy) is 1. The van der Waals surface area contributed by atoms with Crippen molar-refractivity contribution < 1.29 is 22.7 Å². The first-order valence-corrected chi connectivity index (χ1v) is 18.1. The quantitative estimate of drug-likeness (QED) is 0.122. The summed E-state index contributed by atoms with van der Waals surface area (Å²) in [7, 11) is -4.25. The molecule has 1 atom stereocenters. The lowest BCUT2D eigenvalue weighted by atomic mass is 10.0. The maximum absolute atomic E-state index is 14.6. The maximum Gasteiger partial charge on any atom is 0.264 e. The fraction of sp³-hybridized carbons (Fsp3) is 0.297. The predicted molar refractivity (Wildman–Crippen MR) is 192 cm³/mol. The molecule has 0 saturated heterocycles. The van der Waals surface area contributed by atoms with E-state index < -0.39 is 28.5 Å². The van der Waals surface area contributed by atoms with Crippen LogP contribution in [0.5, 0.6) is 5.75 Å². The van der Waals surface area contributed by atoms with E-state index in [1.165, 1.54) is 17.0 Å². The summed E-state index contributed by atoms with van der Waals surface area (Å²) in [5, 5.41) is 3.73. The van der Waals surface area contributed by atoms with Gasteiger partial charge in [0.2, 0.25) is 11.8 Å². The topological polar surface area (TPSA) is 96.0 Å². The van der Waals surface area contributed by atoms with Gasteiger partial charge >= 0.3 is 0 Å². The zero-order chi connectivity index (χ0) is 34.7. The molecular weight excluding hydrogens is 669 g/mol. The Hall–Kier alpha value is -4.05. The van der Waals surface area contributed by atoms with E-state index in [1.807, 2.05) is 51.1 Å². The molecule has 0 spiro atoms. The van der Waals surface area contributed by atoms with Crippen LogP contribution in [0, 0.1) is 6.92 Å². The summed E-state index contributed by atoms with van der Waals surface area (Å²) in [6.45, 7) is 5.99. The number of halogens is 2. The van der Waals surface area contributed by atoms with Crippen LogP contribution in [0.2, 0.25) is 10.0 Å². The van der Waals surface area contributed by atoms with E-state index in [2.05, 4.69) is 5.32 Å². The molecule has 0 saturated carbocycles. The highest BCUT2D eigenvalue weighted by Gasteiger charge is 2.35. The highest BCUT2D eigenvalue weighted by atomic mass is 35.5. The first-order valence-electron chi connectivity index (χ1n) is 15.9. The number of sulfonamides is 1. The van der Waals surface area contributed by atoms with Crippen molar-refractivity contribution >= 4 is 50.7 Å². The largest absolute Gasteiger partial charge is 0.494 e. The van der Waals surface area contributed by atoms with Gasteiger partial charge in [-0.2, -0.15) is 0 Å². The van der Waals surface area contributed by atoms with Gasteiger partial charge < -0.3 is 15.0 Å². The number of benzene rings is 4. The predicted octanol–water partition coefficient (Wildman–Crippen LogP) is 7.45. The van der Waals surface area contributed by atoms with Gasteiger partial charge in [0.1, 0.15) is 18.3 Å². The lowest BCUT2D eigenvalue weighted by molar-refractivity contribution is -0.140. The van der Waals surface area contributed by atoms with E-state index in [-0.39, 0.29) is 23.8 Å². The van der Waals surface area contributed by atoms with Gasteiger partial charge in [0.25, 0.3) is 10.0 Å². The minimum Gasteiger partial charge on any atom is -0.494 e. The van der Waals surface area contributed by atoms with Crippen LogP contribution in [-0.4, -0.2) is 50.9 Å². The van der Waals surface area contributed by atoms with Crippen molar-refractivity contribution in [3.63, 3.8) is 0 Å². The summed E-state index contributed by atoms with van der Waals surface area (Å²) in [5.74, 6) is -0.400. The third-order valence-corrected chi connectivity index (χ3v) is 10.2. The first-order chi connectivity index (χ1) is 23.0. The van der Waals surface area contributed by atoms with Crippen LogP contribution < -0.4 is 14.4 Å². The molecule has 11 heteroatoms. The number of carbonyl (C=O) groups is 2. The average molecular weight is 711 g/mol. The second-order valence-corrected chi connectivity index (χ2v) is 14.1. The van der Waals surface area contributed by atoms with E-state index in [4.69, 9.17) is 27.9 Å². The Kier molecular flexibility index (Phi) is 13.3. The minimum absolute atomic E-state index is 0.00947. The van der Waals surface area contributed by atoms with Crippen LogP contribution in [0.4, 0.5) is 5.69 Å². The number of hydrogen-bond acceptors (Lipinski definition) is 5. The van der Waals surface area contributed by atoms with Gasteiger partial charge in [0.15, 0.2) is 0 Å². The SMILES string of the molecule is CCCCNC(=O)[C@H](Cc1ccccc1)N(Cc1ccc(Cl)cc1Cl)C(=O)CN(c1ccc(C)cc1)S(=O)(=O)c1ccc(OCC)cc1. The third kappa shape index (κ3) is 9.75. The second-order valence-electron chi connectivity index (χ2n) is 11.4. The Bertz CT molecular complexity index is 1770. The van der Waals surface area contributed by atoms with Gasteiger partial charge in [-0.05, 0) is 79.9 Å². The normalized spacial score (nSPS) is 11.9. The highest BCUT2D eigenvalue weighted by Crippen LogP contribution is 2.28. The van der Waals surface area contributed by atoms with E-state index >= 15 is 0 Å². The van der Waals surface area contributed by atoms with Gasteiger partial charge in [0.05, 0.1) is 17.2 Å². The Morgan fingerprint density at radius 2 is 1.58 bits per heavy atom. The molecule has 0 radical (unpaired) electrons. The number of amides is 2. The van der Waals surface area contributed by atoms with E-state index in [1.54, 1.807) is 54.6 Å². The van der Waals surface area contributed by atoms with Crippen molar-refractivity contribution in [2.45, 2.75) is 57.5 Å². The van der Waals surface area contributed by atoms with Gasteiger partial charge in [-0.15, -0.1) is 0 Å². The van der Waals surface area contributed by atoms with Crippen molar-refractivity contribution in [3.8, 4) is 5.75 Å². The molecule has 0 aliphatic rings. The summed E-state index contributed by atoms with van der Waals surface area (Å²) in [6, 6.07) is 26.3. The number of hydrogen-bond donors (Lipinski definition) is 1. The Morgan fingerprint density at radius 3 is 2.21 bits per heavy atom. The molecule has 0 fully saturated rings. The van der Waals surface area contributed by atoms with Gasteiger partial charge in [-0.3, -0.25) is 13.9 Å². The molecule has 0 aliphatic heterocycles. The fourth-order valence-corrected chi connectivity index (χ4v) is 7.02. The third-order valence-electron chi connectivity index (χ3n) is 7.78. The van der Waals surface area contributed by atoms with Crippen molar-refractivity contribution in [2.24, 2.45) is 0 Å². The number of rotatable bonds is 16. The molecule has 48 heavy (non-hydrogen) atoms. The summed E-state index contributed by atoms with van der Waals surface area (Å²) < 4.78 is 35.1. The van der Waals surface area contributed by atoms with Crippen LogP contribution in [-0.2, 0) is 32.6 Å². The van der Waals surface area contributed by atoms with Crippen molar-refractivity contribution in [1.82, 2.24) is 10.2 Å². The lowest BCUT2D eigenvalue weighted by Crippen LogP contribution is -2.53.